The zero-order valence-corrected chi connectivity index (χ0v) is 14.4. The number of carboxylic acid groups (broad SMARTS) is 1. The maximum Gasteiger partial charge on any atom is 0.320 e. The summed E-state index contributed by atoms with van der Waals surface area (Å²) in [7, 11) is -3.37. The number of unbranched alkanes of at least 4 members (excludes halogenated alkanes) is 1. The van der Waals surface area contributed by atoms with E-state index in [1.54, 1.807) is 24.3 Å². The fraction of sp³-hybridized carbons (Fsp3) is 0.462. The van der Waals surface area contributed by atoms with Gasteiger partial charge in [0.15, 0.2) is 0 Å². The van der Waals surface area contributed by atoms with Crippen LogP contribution in [-0.4, -0.2) is 35.7 Å². The van der Waals surface area contributed by atoms with Gasteiger partial charge >= 0.3 is 5.97 Å². The van der Waals surface area contributed by atoms with Crippen molar-refractivity contribution >= 4 is 44.3 Å². The van der Waals surface area contributed by atoms with E-state index in [-0.39, 0.29) is 12.2 Å². The summed E-state index contributed by atoms with van der Waals surface area (Å²) in [5.41, 5.74) is 6.58. The van der Waals surface area contributed by atoms with Gasteiger partial charge in [-0.15, -0.1) is 0 Å². The van der Waals surface area contributed by atoms with Crippen molar-refractivity contribution in [3.63, 3.8) is 0 Å². The molecule has 0 fully saturated rings. The minimum Gasteiger partial charge on any atom is -0.480 e. The van der Waals surface area contributed by atoms with Crippen LogP contribution in [0.4, 0.5) is 5.69 Å². The first-order valence-electron chi connectivity index (χ1n) is 6.48. The summed E-state index contributed by atoms with van der Waals surface area (Å²) in [6.07, 6.45) is 1.62. The average molecular weight is 426 g/mol. The lowest BCUT2D eigenvalue weighted by Crippen LogP contribution is -2.32. The van der Waals surface area contributed by atoms with E-state index in [0.29, 0.717) is 17.7 Å². The van der Waals surface area contributed by atoms with E-state index in [1.807, 2.05) is 0 Å². The highest BCUT2D eigenvalue weighted by molar-refractivity contribution is 14.1. The fourth-order valence-electron chi connectivity index (χ4n) is 1.72. The van der Waals surface area contributed by atoms with Crippen molar-refractivity contribution in [3.05, 3.63) is 29.8 Å². The van der Waals surface area contributed by atoms with Gasteiger partial charge in [0.1, 0.15) is 6.04 Å². The molecule has 0 heterocycles. The predicted octanol–water partition coefficient (Wildman–Crippen LogP) is 1.60. The molecule has 0 aliphatic carbocycles. The number of benzene rings is 1. The third-order valence-corrected chi connectivity index (χ3v) is 4.91. The van der Waals surface area contributed by atoms with E-state index in [2.05, 4.69) is 27.3 Å². The molecule has 1 unspecified atom stereocenters. The molecule has 8 heteroatoms. The summed E-state index contributed by atoms with van der Waals surface area (Å²) in [4.78, 5) is 10.7. The van der Waals surface area contributed by atoms with Gasteiger partial charge in [-0.1, -0.05) is 34.7 Å². The molecule has 6 nitrogen and oxygen atoms in total. The Morgan fingerprint density at radius 3 is 2.71 bits per heavy atom. The van der Waals surface area contributed by atoms with Crippen LogP contribution in [0.5, 0.6) is 0 Å². The van der Waals surface area contributed by atoms with E-state index < -0.39 is 22.0 Å². The first kappa shape index (κ1) is 18.2. The Morgan fingerprint density at radius 2 is 2.10 bits per heavy atom. The summed E-state index contributed by atoms with van der Waals surface area (Å²) in [6.45, 7) is 0. The Balaban J connectivity index is 2.70. The van der Waals surface area contributed by atoms with E-state index in [4.69, 9.17) is 10.8 Å². The Morgan fingerprint density at radius 1 is 1.38 bits per heavy atom. The molecule has 118 valence electrons. The molecule has 1 aromatic rings. The number of alkyl halides is 1. The molecule has 0 amide bonds. The van der Waals surface area contributed by atoms with Crippen molar-refractivity contribution < 1.29 is 18.3 Å². The Labute approximate surface area is 138 Å². The van der Waals surface area contributed by atoms with Crippen molar-refractivity contribution in [2.75, 3.05) is 14.9 Å². The molecule has 4 N–H and O–H groups in total. The van der Waals surface area contributed by atoms with Crippen molar-refractivity contribution in [2.24, 2.45) is 5.73 Å². The van der Waals surface area contributed by atoms with Crippen LogP contribution < -0.4 is 10.5 Å². The number of rotatable bonds is 9. The molecule has 1 rings (SSSR count). The number of aliphatic carboxylic acids is 1. The van der Waals surface area contributed by atoms with Gasteiger partial charge in [-0.05, 0) is 41.4 Å². The molecule has 21 heavy (non-hydrogen) atoms. The number of hydrogen-bond donors (Lipinski definition) is 3. The number of carbonyl (C=O) groups is 1. The molecule has 1 atom stereocenters. The Hall–Kier alpha value is -0.870. The van der Waals surface area contributed by atoms with Crippen LogP contribution in [-0.2, 0) is 21.2 Å². The quantitative estimate of drug-likeness (QED) is 0.316. The van der Waals surface area contributed by atoms with Gasteiger partial charge in [-0.25, -0.2) is 8.42 Å². The van der Waals surface area contributed by atoms with E-state index >= 15 is 0 Å². The van der Waals surface area contributed by atoms with E-state index in [1.165, 1.54) is 0 Å². The second-order valence-electron chi connectivity index (χ2n) is 4.67. The van der Waals surface area contributed by atoms with E-state index in [0.717, 1.165) is 10.8 Å². The molecule has 1 aromatic carbocycles. The van der Waals surface area contributed by atoms with Crippen LogP contribution >= 0.6 is 22.6 Å². The maximum atomic E-state index is 11.9. The Kier molecular flexibility index (Phi) is 7.40. The number of sulfonamides is 1. The third-order valence-electron chi connectivity index (χ3n) is 2.77. The number of carboxylic acids is 1. The molecule has 0 bridgehead atoms. The number of nitrogens with one attached hydrogen (secondary N) is 1. The normalized spacial score (nSPS) is 12.9. The second-order valence-corrected chi connectivity index (χ2v) is 7.59. The molecule has 0 spiro atoms. The molecular weight excluding hydrogens is 407 g/mol. The molecule has 0 radical (unpaired) electrons. The van der Waals surface area contributed by atoms with Crippen LogP contribution in [0.3, 0.4) is 0 Å². The van der Waals surface area contributed by atoms with Gasteiger partial charge in [0.2, 0.25) is 10.0 Å². The summed E-state index contributed by atoms with van der Waals surface area (Å²) in [6, 6.07) is 5.63. The first-order valence-corrected chi connectivity index (χ1v) is 9.65. The maximum absolute atomic E-state index is 11.9. The van der Waals surface area contributed by atoms with Crippen LogP contribution in [0.25, 0.3) is 0 Å². The highest BCUT2D eigenvalue weighted by atomic mass is 127. The van der Waals surface area contributed by atoms with Gasteiger partial charge < -0.3 is 10.8 Å². The van der Waals surface area contributed by atoms with Gasteiger partial charge in [-0.2, -0.15) is 0 Å². The average Bonchev–Trinajstić information content (AvgIpc) is 2.38. The zero-order chi connectivity index (χ0) is 15.9. The molecule has 0 saturated heterocycles. The minimum absolute atomic E-state index is 0.0782. The molecule has 0 aromatic heterocycles. The largest absolute Gasteiger partial charge is 0.480 e. The van der Waals surface area contributed by atoms with Crippen LogP contribution in [0, 0.1) is 0 Å². The molecular formula is C13H19IN2O4S. The van der Waals surface area contributed by atoms with Crippen LogP contribution in [0.1, 0.15) is 18.4 Å². The molecule has 0 saturated carbocycles. The SMILES string of the molecule is NC(Cc1cccc(NS(=O)(=O)CCCCI)c1)C(=O)O. The van der Waals surface area contributed by atoms with Gasteiger partial charge in [0, 0.05) is 5.69 Å². The number of anilines is 1. The smallest absolute Gasteiger partial charge is 0.320 e. The summed E-state index contributed by atoms with van der Waals surface area (Å²) < 4.78 is 27.2. The van der Waals surface area contributed by atoms with E-state index in [9.17, 15) is 13.2 Å². The lowest BCUT2D eigenvalue weighted by Gasteiger charge is -2.10. The van der Waals surface area contributed by atoms with Crippen molar-refractivity contribution in [3.8, 4) is 0 Å². The lowest BCUT2D eigenvalue weighted by molar-refractivity contribution is -0.138. The first-order chi connectivity index (χ1) is 9.84. The Bertz CT molecular complexity index is 577. The molecule has 0 aliphatic heterocycles. The summed E-state index contributed by atoms with van der Waals surface area (Å²) in [5, 5.41) is 8.78. The number of hydrogen-bond acceptors (Lipinski definition) is 4. The lowest BCUT2D eigenvalue weighted by atomic mass is 10.1. The van der Waals surface area contributed by atoms with Crippen molar-refractivity contribution in [1.82, 2.24) is 0 Å². The number of nitrogens with two attached hydrogens (primary N) is 1. The van der Waals surface area contributed by atoms with Crippen LogP contribution in [0.2, 0.25) is 0 Å². The highest BCUT2D eigenvalue weighted by Gasteiger charge is 2.14. The summed E-state index contributed by atoms with van der Waals surface area (Å²) >= 11 is 2.21. The summed E-state index contributed by atoms with van der Waals surface area (Å²) in [5.74, 6) is -1.01. The van der Waals surface area contributed by atoms with Crippen LogP contribution in [0.15, 0.2) is 24.3 Å². The monoisotopic (exact) mass is 426 g/mol. The zero-order valence-electron chi connectivity index (χ0n) is 11.5. The van der Waals surface area contributed by atoms with Gasteiger partial charge in [0.05, 0.1) is 5.75 Å². The standard InChI is InChI=1S/C13H19IN2O4S/c14-6-1-2-7-21(19,20)16-11-5-3-4-10(8-11)9-12(15)13(17)18/h3-5,8,12,16H,1-2,6-7,9,15H2,(H,17,18). The third kappa shape index (κ3) is 7.09. The predicted molar refractivity (Wildman–Crippen MR) is 91.3 cm³/mol. The second kappa shape index (κ2) is 8.54. The van der Waals surface area contributed by atoms with Crippen molar-refractivity contribution in [2.45, 2.75) is 25.3 Å². The fourth-order valence-corrected chi connectivity index (χ4v) is 3.43. The van der Waals surface area contributed by atoms with Crippen molar-refractivity contribution in [1.29, 1.82) is 0 Å². The minimum atomic E-state index is -3.37. The molecule has 0 aliphatic rings. The highest BCUT2D eigenvalue weighted by Crippen LogP contribution is 2.14. The van der Waals surface area contributed by atoms with Gasteiger partial charge in [0.25, 0.3) is 0 Å². The van der Waals surface area contributed by atoms with Gasteiger partial charge in [-0.3, -0.25) is 9.52 Å². The topological polar surface area (TPSA) is 109 Å². The number of halogens is 1.